The van der Waals surface area contributed by atoms with Crippen LogP contribution in [0.2, 0.25) is 0 Å². The van der Waals surface area contributed by atoms with E-state index in [1.54, 1.807) is 11.3 Å². The van der Waals surface area contributed by atoms with E-state index in [0.29, 0.717) is 5.95 Å². The van der Waals surface area contributed by atoms with Crippen LogP contribution in [0, 0.1) is 13.8 Å². The Morgan fingerprint density at radius 3 is 2.67 bits per heavy atom. The number of hydrogen-bond acceptors (Lipinski definition) is 4. The maximum atomic E-state index is 5.77. The molecule has 3 rings (SSSR count). The van der Waals surface area contributed by atoms with Gasteiger partial charge in [0.05, 0.1) is 15.9 Å². The molecule has 0 bridgehead atoms. The second kappa shape index (κ2) is 4.07. The molecule has 0 aliphatic heterocycles. The standard InChI is InChI=1S/C14H13N3S/c1-8-3-4-10(7-9(8)2)12-13-11(5-6-18-13)16-14(15)17-12/h3-7H,1-2H3,(H2,15,16,17). The van der Waals surface area contributed by atoms with E-state index in [4.69, 9.17) is 5.73 Å². The second-order valence-corrected chi connectivity index (χ2v) is 5.28. The van der Waals surface area contributed by atoms with Gasteiger partial charge in [0, 0.05) is 5.56 Å². The first kappa shape index (κ1) is 11.2. The predicted molar refractivity (Wildman–Crippen MR) is 76.7 cm³/mol. The number of aromatic nitrogens is 2. The smallest absolute Gasteiger partial charge is 0.221 e. The highest BCUT2D eigenvalue weighted by Gasteiger charge is 2.10. The topological polar surface area (TPSA) is 51.8 Å². The third kappa shape index (κ3) is 1.75. The van der Waals surface area contributed by atoms with Crippen LogP contribution in [0.25, 0.3) is 21.5 Å². The maximum absolute atomic E-state index is 5.77. The van der Waals surface area contributed by atoms with Crippen molar-refractivity contribution in [1.29, 1.82) is 0 Å². The Labute approximate surface area is 109 Å². The molecule has 1 aromatic carbocycles. The van der Waals surface area contributed by atoms with Gasteiger partial charge in [0.15, 0.2) is 0 Å². The minimum Gasteiger partial charge on any atom is -0.368 e. The van der Waals surface area contributed by atoms with Crippen LogP contribution in [-0.2, 0) is 0 Å². The summed E-state index contributed by atoms with van der Waals surface area (Å²) < 4.78 is 1.09. The number of thiophene rings is 1. The zero-order valence-corrected chi connectivity index (χ0v) is 11.1. The number of fused-ring (bicyclic) bond motifs is 1. The first-order valence-corrected chi connectivity index (χ1v) is 6.61. The normalized spacial score (nSPS) is 11.0. The lowest BCUT2D eigenvalue weighted by atomic mass is 10.0. The van der Waals surface area contributed by atoms with Gasteiger partial charge in [0.1, 0.15) is 0 Å². The van der Waals surface area contributed by atoms with Gasteiger partial charge in [-0.2, -0.15) is 0 Å². The molecule has 2 aromatic heterocycles. The van der Waals surface area contributed by atoms with Crippen LogP contribution in [-0.4, -0.2) is 9.97 Å². The van der Waals surface area contributed by atoms with Gasteiger partial charge in [0.2, 0.25) is 5.95 Å². The van der Waals surface area contributed by atoms with E-state index < -0.39 is 0 Å². The number of benzene rings is 1. The van der Waals surface area contributed by atoms with Gasteiger partial charge in [-0.05, 0) is 42.5 Å². The van der Waals surface area contributed by atoms with Gasteiger partial charge in [-0.3, -0.25) is 0 Å². The molecule has 0 radical (unpaired) electrons. The fourth-order valence-corrected chi connectivity index (χ4v) is 2.81. The number of anilines is 1. The van der Waals surface area contributed by atoms with Crippen LogP contribution in [0.1, 0.15) is 11.1 Å². The van der Waals surface area contributed by atoms with Crippen molar-refractivity contribution >= 4 is 27.5 Å². The summed E-state index contributed by atoms with van der Waals surface area (Å²) in [7, 11) is 0. The van der Waals surface area contributed by atoms with Crippen molar-refractivity contribution < 1.29 is 0 Å². The van der Waals surface area contributed by atoms with Crippen molar-refractivity contribution in [2.24, 2.45) is 0 Å². The second-order valence-electron chi connectivity index (χ2n) is 4.36. The molecule has 0 atom stereocenters. The number of nitrogens with zero attached hydrogens (tertiary/aromatic N) is 2. The highest BCUT2D eigenvalue weighted by Crippen LogP contribution is 2.31. The SMILES string of the molecule is Cc1ccc(-c2nc(N)nc3ccsc23)cc1C. The van der Waals surface area contributed by atoms with Crippen LogP contribution in [0.4, 0.5) is 5.95 Å². The van der Waals surface area contributed by atoms with Crippen molar-refractivity contribution in [2.45, 2.75) is 13.8 Å². The zero-order chi connectivity index (χ0) is 12.7. The van der Waals surface area contributed by atoms with Crippen LogP contribution in [0.3, 0.4) is 0 Å². The zero-order valence-electron chi connectivity index (χ0n) is 10.3. The Balaban J connectivity index is 2.30. The molecule has 18 heavy (non-hydrogen) atoms. The number of nitrogens with two attached hydrogens (primary N) is 1. The molecule has 0 fully saturated rings. The Morgan fingerprint density at radius 2 is 1.89 bits per heavy atom. The molecule has 0 spiro atoms. The number of hydrogen-bond donors (Lipinski definition) is 1. The lowest BCUT2D eigenvalue weighted by Crippen LogP contribution is -1.96. The van der Waals surface area contributed by atoms with Crippen molar-refractivity contribution in [3.05, 3.63) is 40.8 Å². The molecular weight excluding hydrogens is 242 g/mol. The Kier molecular flexibility index (Phi) is 2.52. The fourth-order valence-electron chi connectivity index (χ4n) is 1.97. The van der Waals surface area contributed by atoms with Crippen molar-refractivity contribution in [3.63, 3.8) is 0 Å². The molecule has 3 aromatic rings. The van der Waals surface area contributed by atoms with Crippen LogP contribution in [0.15, 0.2) is 29.6 Å². The van der Waals surface area contributed by atoms with Crippen LogP contribution >= 0.6 is 11.3 Å². The third-order valence-corrected chi connectivity index (χ3v) is 4.01. The minimum atomic E-state index is 0.328. The molecule has 0 aliphatic rings. The summed E-state index contributed by atoms with van der Waals surface area (Å²) in [6.07, 6.45) is 0. The monoisotopic (exact) mass is 255 g/mol. The van der Waals surface area contributed by atoms with Gasteiger partial charge < -0.3 is 5.73 Å². The Morgan fingerprint density at radius 1 is 1.06 bits per heavy atom. The van der Waals surface area contributed by atoms with Gasteiger partial charge >= 0.3 is 0 Å². The van der Waals surface area contributed by atoms with Crippen LogP contribution < -0.4 is 5.73 Å². The lowest BCUT2D eigenvalue weighted by molar-refractivity contribution is 1.24. The van der Waals surface area contributed by atoms with Gasteiger partial charge in [-0.1, -0.05) is 12.1 Å². The first-order chi connectivity index (χ1) is 8.65. The van der Waals surface area contributed by atoms with E-state index in [1.165, 1.54) is 11.1 Å². The molecule has 3 nitrogen and oxygen atoms in total. The van der Waals surface area contributed by atoms with E-state index in [1.807, 2.05) is 11.4 Å². The van der Waals surface area contributed by atoms with Crippen LogP contribution in [0.5, 0.6) is 0 Å². The molecule has 2 N–H and O–H groups in total. The largest absolute Gasteiger partial charge is 0.368 e. The van der Waals surface area contributed by atoms with Gasteiger partial charge in [0.25, 0.3) is 0 Å². The van der Waals surface area contributed by atoms with E-state index in [2.05, 4.69) is 42.0 Å². The fraction of sp³-hybridized carbons (Fsp3) is 0.143. The third-order valence-electron chi connectivity index (χ3n) is 3.10. The molecule has 0 amide bonds. The highest BCUT2D eigenvalue weighted by molar-refractivity contribution is 7.17. The average Bonchev–Trinajstić information content (AvgIpc) is 2.79. The quantitative estimate of drug-likeness (QED) is 0.723. The summed E-state index contributed by atoms with van der Waals surface area (Å²) in [5.41, 5.74) is 11.3. The van der Waals surface area contributed by atoms with E-state index in [-0.39, 0.29) is 0 Å². The van der Waals surface area contributed by atoms with E-state index in [0.717, 1.165) is 21.5 Å². The molecule has 4 heteroatoms. The summed E-state index contributed by atoms with van der Waals surface area (Å²) >= 11 is 1.65. The average molecular weight is 255 g/mol. The van der Waals surface area contributed by atoms with E-state index >= 15 is 0 Å². The molecule has 0 aliphatic carbocycles. The number of rotatable bonds is 1. The van der Waals surface area contributed by atoms with Crippen molar-refractivity contribution in [1.82, 2.24) is 9.97 Å². The van der Waals surface area contributed by atoms with Gasteiger partial charge in [-0.15, -0.1) is 11.3 Å². The van der Waals surface area contributed by atoms with Crippen molar-refractivity contribution in [3.8, 4) is 11.3 Å². The Bertz CT molecular complexity index is 731. The summed E-state index contributed by atoms with van der Waals surface area (Å²) in [5, 5.41) is 2.02. The summed E-state index contributed by atoms with van der Waals surface area (Å²) in [6.45, 7) is 4.21. The summed E-state index contributed by atoms with van der Waals surface area (Å²) in [6, 6.07) is 8.32. The molecule has 0 unspecified atom stereocenters. The molecule has 90 valence electrons. The lowest BCUT2D eigenvalue weighted by Gasteiger charge is -2.06. The highest BCUT2D eigenvalue weighted by atomic mass is 32.1. The molecule has 0 saturated carbocycles. The number of nitrogen functional groups attached to an aromatic ring is 1. The van der Waals surface area contributed by atoms with Crippen molar-refractivity contribution in [2.75, 3.05) is 5.73 Å². The molecular formula is C14H13N3S. The maximum Gasteiger partial charge on any atom is 0.221 e. The minimum absolute atomic E-state index is 0.328. The Hall–Kier alpha value is -1.94. The number of aryl methyl sites for hydroxylation is 2. The predicted octanol–water partition coefficient (Wildman–Crippen LogP) is 3.56. The summed E-state index contributed by atoms with van der Waals surface area (Å²) in [4.78, 5) is 8.63. The first-order valence-electron chi connectivity index (χ1n) is 5.73. The van der Waals surface area contributed by atoms with Gasteiger partial charge in [-0.25, -0.2) is 9.97 Å². The molecule has 2 heterocycles. The van der Waals surface area contributed by atoms with E-state index in [9.17, 15) is 0 Å². The molecule has 0 saturated heterocycles. The summed E-state index contributed by atoms with van der Waals surface area (Å²) in [5.74, 6) is 0.328.